The third-order valence-electron chi connectivity index (χ3n) is 4.90. The predicted octanol–water partition coefficient (Wildman–Crippen LogP) is 1.84. The summed E-state index contributed by atoms with van der Waals surface area (Å²) in [6, 6.07) is 2.77. The van der Waals surface area contributed by atoms with E-state index in [2.05, 4.69) is 4.72 Å². The minimum atomic E-state index is -3.65. The summed E-state index contributed by atoms with van der Waals surface area (Å²) in [5.74, 6) is 1.22. The summed E-state index contributed by atoms with van der Waals surface area (Å²) in [5.41, 5.74) is 0. The molecule has 3 rings (SSSR count). The Hall–Kier alpha value is -1.34. The van der Waals surface area contributed by atoms with Crippen LogP contribution in [0, 0.1) is 11.8 Å². The first-order valence-electron chi connectivity index (χ1n) is 7.84. The van der Waals surface area contributed by atoms with Crippen molar-refractivity contribution in [2.24, 2.45) is 11.8 Å². The molecule has 1 aromatic rings. The van der Waals surface area contributed by atoms with Crippen LogP contribution in [0.2, 0.25) is 0 Å². The van der Waals surface area contributed by atoms with Crippen molar-refractivity contribution in [2.75, 3.05) is 20.1 Å². The molecule has 1 aliphatic heterocycles. The Morgan fingerprint density at radius 1 is 1.23 bits per heavy atom. The van der Waals surface area contributed by atoms with Crippen molar-refractivity contribution < 1.29 is 17.6 Å². The maximum atomic E-state index is 12.5. The third-order valence-corrected chi connectivity index (χ3v) is 6.19. The van der Waals surface area contributed by atoms with Gasteiger partial charge in [-0.1, -0.05) is 19.3 Å². The van der Waals surface area contributed by atoms with E-state index in [0.717, 1.165) is 25.4 Å². The molecule has 0 aromatic carbocycles. The van der Waals surface area contributed by atoms with Crippen LogP contribution in [0.1, 0.15) is 42.7 Å². The predicted molar refractivity (Wildman–Crippen MR) is 80.9 cm³/mol. The van der Waals surface area contributed by atoms with Gasteiger partial charge in [0.25, 0.3) is 15.9 Å². The molecular weight excluding hydrogens is 304 g/mol. The van der Waals surface area contributed by atoms with E-state index in [4.69, 9.17) is 4.42 Å². The van der Waals surface area contributed by atoms with Gasteiger partial charge >= 0.3 is 0 Å². The summed E-state index contributed by atoms with van der Waals surface area (Å²) >= 11 is 0. The highest BCUT2D eigenvalue weighted by molar-refractivity contribution is 7.89. The third kappa shape index (κ3) is 2.92. The molecule has 1 N–H and O–H groups in total. The van der Waals surface area contributed by atoms with Crippen LogP contribution >= 0.6 is 0 Å². The van der Waals surface area contributed by atoms with Gasteiger partial charge in [-0.05, 0) is 43.9 Å². The van der Waals surface area contributed by atoms with Gasteiger partial charge in [0.1, 0.15) is 0 Å². The molecule has 2 atom stereocenters. The monoisotopic (exact) mass is 326 g/mol. The number of sulfonamides is 1. The van der Waals surface area contributed by atoms with Crippen molar-refractivity contribution in [3.05, 3.63) is 17.9 Å². The van der Waals surface area contributed by atoms with Crippen LogP contribution in [0.4, 0.5) is 0 Å². The fraction of sp³-hybridized carbons (Fsp3) is 0.667. The number of nitrogens with zero attached hydrogens (tertiary/aromatic N) is 1. The van der Waals surface area contributed by atoms with Gasteiger partial charge in [0, 0.05) is 13.1 Å². The van der Waals surface area contributed by atoms with Crippen molar-refractivity contribution in [2.45, 2.75) is 37.2 Å². The summed E-state index contributed by atoms with van der Waals surface area (Å²) in [5, 5.41) is -0.217. The average molecular weight is 326 g/mol. The highest BCUT2D eigenvalue weighted by atomic mass is 32.2. The van der Waals surface area contributed by atoms with E-state index < -0.39 is 10.0 Å². The minimum absolute atomic E-state index is 0.100. The molecule has 0 radical (unpaired) electrons. The zero-order valence-electron chi connectivity index (χ0n) is 12.7. The Morgan fingerprint density at radius 2 is 1.95 bits per heavy atom. The number of amides is 1. The molecular formula is C15H22N2O4S. The smallest absolute Gasteiger partial charge is 0.289 e. The topological polar surface area (TPSA) is 79.6 Å². The molecule has 1 saturated carbocycles. The van der Waals surface area contributed by atoms with E-state index >= 15 is 0 Å². The van der Waals surface area contributed by atoms with Crippen molar-refractivity contribution >= 4 is 15.9 Å². The Morgan fingerprint density at radius 3 is 2.68 bits per heavy atom. The summed E-state index contributed by atoms with van der Waals surface area (Å²) in [6.07, 6.45) is 6.05. The van der Waals surface area contributed by atoms with Crippen molar-refractivity contribution in [1.82, 2.24) is 9.62 Å². The maximum absolute atomic E-state index is 12.5. The van der Waals surface area contributed by atoms with E-state index in [9.17, 15) is 13.2 Å². The Bertz CT molecular complexity index is 652. The number of piperidine rings is 1. The highest BCUT2D eigenvalue weighted by Crippen LogP contribution is 2.36. The molecule has 1 amide bonds. The summed E-state index contributed by atoms with van der Waals surface area (Å²) in [6.45, 7) is 1.49. The van der Waals surface area contributed by atoms with E-state index in [-0.39, 0.29) is 16.8 Å². The number of rotatable bonds is 3. The first-order valence-corrected chi connectivity index (χ1v) is 9.32. The Kier molecular flexibility index (Phi) is 4.27. The lowest BCUT2D eigenvalue weighted by Crippen LogP contribution is -2.44. The standard InChI is InChI=1S/C15H22N2O4S/c1-16-22(19,20)14-7-6-13(21-14)15(18)17-9-8-11-4-2-3-5-12(11)10-17/h6-7,11-12,16H,2-5,8-10H2,1H3/t11-,12+/m1/s1. The normalized spacial score (nSPS) is 25.8. The van der Waals surface area contributed by atoms with Gasteiger partial charge < -0.3 is 9.32 Å². The molecule has 122 valence electrons. The van der Waals surface area contributed by atoms with Gasteiger partial charge in [-0.15, -0.1) is 0 Å². The van der Waals surface area contributed by atoms with Gasteiger partial charge in [0.05, 0.1) is 0 Å². The number of hydrogen-bond acceptors (Lipinski definition) is 4. The van der Waals surface area contributed by atoms with Crippen LogP contribution in [-0.4, -0.2) is 39.4 Å². The molecule has 1 aromatic heterocycles. The fourth-order valence-electron chi connectivity index (χ4n) is 3.62. The first kappa shape index (κ1) is 15.6. The van der Waals surface area contributed by atoms with Gasteiger partial charge in [-0.25, -0.2) is 13.1 Å². The van der Waals surface area contributed by atoms with Gasteiger partial charge in [-0.2, -0.15) is 0 Å². The lowest BCUT2D eigenvalue weighted by molar-refractivity contribution is 0.0487. The minimum Gasteiger partial charge on any atom is -0.438 e. The van der Waals surface area contributed by atoms with Crippen LogP contribution in [0.25, 0.3) is 0 Å². The number of nitrogens with one attached hydrogen (secondary N) is 1. The molecule has 0 unspecified atom stereocenters. The fourth-order valence-corrected chi connectivity index (χ4v) is 4.27. The lowest BCUT2D eigenvalue weighted by atomic mass is 9.75. The number of fused-ring (bicyclic) bond motifs is 1. The largest absolute Gasteiger partial charge is 0.438 e. The second-order valence-corrected chi connectivity index (χ2v) is 7.99. The second kappa shape index (κ2) is 6.04. The zero-order chi connectivity index (χ0) is 15.7. The van der Waals surface area contributed by atoms with Crippen LogP contribution in [0.3, 0.4) is 0 Å². The van der Waals surface area contributed by atoms with Gasteiger partial charge in [0.15, 0.2) is 5.76 Å². The van der Waals surface area contributed by atoms with Crippen molar-refractivity contribution in [1.29, 1.82) is 0 Å². The second-order valence-electron chi connectivity index (χ2n) is 6.17. The van der Waals surface area contributed by atoms with Gasteiger partial charge in [-0.3, -0.25) is 4.79 Å². The highest BCUT2D eigenvalue weighted by Gasteiger charge is 2.34. The Balaban J connectivity index is 1.72. The quantitative estimate of drug-likeness (QED) is 0.919. The molecule has 1 aliphatic carbocycles. The van der Waals surface area contributed by atoms with E-state index in [1.165, 1.54) is 44.9 Å². The molecule has 1 saturated heterocycles. The molecule has 7 heteroatoms. The molecule has 2 fully saturated rings. The number of carbonyl (C=O) groups is 1. The molecule has 2 aliphatic rings. The van der Waals surface area contributed by atoms with Crippen LogP contribution in [0.15, 0.2) is 21.6 Å². The summed E-state index contributed by atoms with van der Waals surface area (Å²) in [4.78, 5) is 14.3. The molecule has 2 heterocycles. The Labute approximate surface area is 130 Å². The number of likely N-dealkylation sites (tertiary alicyclic amines) is 1. The number of furan rings is 1. The van der Waals surface area contributed by atoms with Crippen LogP contribution in [0.5, 0.6) is 0 Å². The van der Waals surface area contributed by atoms with E-state index in [0.29, 0.717) is 5.92 Å². The first-order chi connectivity index (χ1) is 10.5. The molecule has 22 heavy (non-hydrogen) atoms. The molecule has 0 bridgehead atoms. The van der Waals surface area contributed by atoms with Gasteiger partial charge in [0.2, 0.25) is 5.09 Å². The zero-order valence-corrected chi connectivity index (χ0v) is 13.6. The van der Waals surface area contributed by atoms with Crippen LogP contribution in [-0.2, 0) is 10.0 Å². The van der Waals surface area contributed by atoms with Crippen molar-refractivity contribution in [3.63, 3.8) is 0 Å². The number of hydrogen-bond donors (Lipinski definition) is 1. The van der Waals surface area contributed by atoms with E-state index in [1.807, 2.05) is 0 Å². The van der Waals surface area contributed by atoms with Crippen molar-refractivity contribution in [3.8, 4) is 0 Å². The number of carbonyl (C=O) groups excluding carboxylic acids is 1. The molecule has 6 nitrogen and oxygen atoms in total. The summed E-state index contributed by atoms with van der Waals surface area (Å²) in [7, 11) is -2.34. The average Bonchev–Trinajstić information content (AvgIpc) is 3.04. The van der Waals surface area contributed by atoms with E-state index in [1.54, 1.807) is 4.90 Å². The lowest BCUT2D eigenvalue weighted by Gasteiger charge is -2.41. The summed E-state index contributed by atoms with van der Waals surface area (Å²) < 4.78 is 30.8. The maximum Gasteiger partial charge on any atom is 0.289 e. The molecule has 0 spiro atoms. The van der Waals surface area contributed by atoms with Crippen LogP contribution < -0.4 is 4.72 Å². The SMILES string of the molecule is CNS(=O)(=O)c1ccc(C(=O)N2CC[C@H]3CCCC[C@H]3C2)o1.